The van der Waals surface area contributed by atoms with E-state index < -0.39 is 0 Å². The fourth-order valence-electron chi connectivity index (χ4n) is 4.22. The third-order valence-corrected chi connectivity index (χ3v) is 6.66. The number of fused-ring (bicyclic) bond motifs is 1. The third kappa shape index (κ3) is 5.37. The zero-order chi connectivity index (χ0) is 22.5. The average molecular weight is 450 g/mol. The number of nitrogens with one attached hydrogen (secondary N) is 2. The Labute approximate surface area is 194 Å². The minimum absolute atomic E-state index is 0.0596. The van der Waals surface area contributed by atoms with Gasteiger partial charge in [0.25, 0.3) is 5.56 Å². The van der Waals surface area contributed by atoms with Crippen LogP contribution in [0.2, 0.25) is 0 Å². The van der Waals surface area contributed by atoms with E-state index in [0.717, 1.165) is 48.9 Å². The molecule has 0 radical (unpaired) electrons. The van der Waals surface area contributed by atoms with Gasteiger partial charge in [-0.3, -0.25) is 4.79 Å². The summed E-state index contributed by atoms with van der Waals surface area (Å²) < 4.78 is 5.86. The van der Waals surface area contributed by atoms with E-state index in [-0.39, 0.29) is 11.7 Å². The summed E-state index contributed by atoms with van der Waals surface area (Å²) in [5, 5.41) is 5.10. The van der Waals surface area contributed by atoms with Crippen LogP contribution in [0.5, 0.6) is 0 Å². The highest BCUT2D eigenvalue weighted by molar-refractivity contribution is 7.80. The van der Waals surface area contributed by atoms with Gasteiger partial charge in [0.05, 0.1) is 18.2 Å². The van der Waals surface area contributed by atoms with E-state index in [0.29, 0.717) is 23.8 Å². The Morgan fingerprint density at radius 2 is 2.03 bits per heavy atom. The first-order chi connectivity index (χ1) is 15.5. The minimum Gasteiger partial charge on any atom is -0.376 e. The monoisotopic (exact) mass is 449 g/mol. The second kappa shape index (κ2) is 10.3. The van der Waals surface area contributed by atoms with Crippen molar-refractivity contribution in [3.8, 4) is 0 Å². The molecule has 4 rings (SSSR count). The number of aromatic amines is 1. The van der Waals surface area contributed by atoms with Gasteiger partial charge in [-0.1, -0.05) is 42.5 Å². The summed E-state index contributed by atoms with van der Waals surface area (Å²) >= 11 is 5.75. The van der Waals surface area contributed by atoms with Crippen molar-refractivity contribution in [3.63, 3.8) is 0 Å². The van der Waals surface area contributed by atoms with Crippen LogP contribution in [-0.2, 0) is 17.7 Å². The Kier molecular flexibility index (Phi) is 7.22. The van der Waals surface area contributed by atoms with Crippen LogP contribution in [0.4, 0.5) is 0 Å². The summed E-state index contributed by atoms with van der Waals surface area (Å²) in [4.78, 5) is 18.1. The molecule has 2 heterocycles. The van der Waals surface area contributed by atoms with E-state index in [9.17, 15) is 4.79 Å². The standard InChI is InChI=1S/C26H31N3O2S/c1-18-10-11-21-15-22(25(30)28-24(21)19(18)2)16-29(17-23-9-6-14-31-23)26(32)27-13-12-20-7-4-3-5-8-20/h3-5,7-8,10-11,15,23H,6,9,12-14,16-17H2,1-2H3,(H,27,32)(H,28,30)/t23-/m1/s1. The molecule has 3 aromatic rings. The Morgan fingerprint density at radius 3 is 2.78 bits per heavy atom. The molecule has 1 atom stereocenters. The minimum atomic E-state index is -0.0596. The molecule has 0 spiro atoms. The van der Waals surface area contributed by atoms with Crippen LogP contribution in [0.1, 0.15) is 35.1 Å². The van der Waals surface area contributed by atoms with Gasteiger partial charge in [0.1, 0.15) is 0 Å². The van der Waals surface area contributed by atoms with Gasteiger partial charge in [-0.05, 0) is 73.5 Å². The SMILES string of the molecule is Cc1ccc2cc(CN(C[C@H]3CCCO3)C(=S)NCCc3ccccc3)c(=O)[nH]c2c1C. The average Bonchev–Trinajstić information content (AvgIpc) is 3.31. The van der Waals surface area contributed by atoms with Gasteiger partial charge in [-0.25, -0.2) is 0 Å². The highest BCUT2D eigenvalue weighted by Gasteiger charge is 2.22. The molecule has 0 bridgehead atoms. The van der Waals surface area contributed by atoms with Crippen LogP contribution in [0, 0.1) is 13.8 Å². The number of aryl methyl sites for hydroxylation is 2. The van der Waals surface area contributed by atoms with Gasteiger partial charge in [-0.15, -0.1) is 0 Å². The van der Waals surface area contributed by atoms with E-state index in [1.165, 1.54) is 11.1 Å². The maximum atomic E-state index is 12.9. The van der Waals surface area contributed by atoms with Crippen LogP contribution < -0.4 is 10.9 Å². The zero-order valence-corrected chi connectivity index (χ0v) is 19.6. The van der Waals surface area contributed by atoms with Crippen LogP contribution in [0.25, 0.3) is 10.9 Å². The Morgan fingerprint density at radius 1 is 1.22 bits per heavy atom. The van der Waals surface area contributed by atoms with Crippen molar-refractivity contribution in [2.45, 2.75) is 45.8 Å². The summed E-state index contributed by atoms with van der Waals surface area (Å²) in [5.74, 6) is 0. The summed E-state index contributed by atoms with van der Waals surface area (Å²) in [5.41, 5.74) is 5.12. The smallest absolute Gasteiger partial charge is 0.253 e. The van der Waals surface area contributed by atoms with Crippen LogP contribution in [0.3, 0.4) is 0 Å². The molecule has 168 valence electrons. The number of nitrogens with zero attached hydrogens (tertiary/aromatic N) is 1. The van der Waals surface area contributed by atoms with Crippen molar-refractivity contribution >= 4 is 28.2 Å². The van der Waals surface area contributed by atoms with E-state index in [1.54, 1.807) is 0 Å². The third-order valence-electron chi connectivity index (χ3n) is 6.26. The lowest BCUT2D eigenvalue weighted by atomic mass is 10.0. The number of pyridine rings is 1. The predicted octanol–water partition coefficient (Wildman–Crippen LogP) is 4.24. The van der Waals surface area contributed by atoms with E-state index >= 15 is 0 Å². The lowest BCUT2D eigenvalue weighted by Crippen LogP contribution is -2.44. The van der Waals surface area contributed by atoms with Gasteiger partial charge in [0.2, 0.25) is 0 Å². The highest BCUT2D eigenvalue weighted by atomic mass is 32.1. The number of ether oxygens (including phenoxy) is 1. The molecule has 6 heteroatoms. The molecule has 2 aromatic carbocycles. The number of aromatic nitrogens is 1. The Bertz CT molecular complexity index is 1140. The number of rotatable bonds is 7. The molecule has 32 heavy (non-hydrogen) atoms. The van der Waals surface area contributed by atoms with Crippen molar-refractivity contribution in [2.75, 3.05) is 19.7 Å². The second-order valence-corrected chi connectivity index (χ2v) is 8.97. The summed E-state index contributed by atoms with van der Waals surface area (Å²) in [6, 6.07) is 16.5. The summed E-state index contributed by atoms with van der Waals surface area (Å²) in [6.07, 6.45) is 3.13. The maximum absolute atomic E-state index is 12.9. The van der Waals surface area contributed by atoms with Gasteiger partial charge < -0.3 is 19.9 Å². The largest absolute Gasteiger partial charge is 0.376 e. The Balaban J connectivity index is 1.51. The molecular formula is C26H31N3O2S. The van der Waals surface area contributed by atoms with Crippen molar-refractivity contribution in [2.24, 2.45) is 0 Å². The lowest BCUT2D eigenvalue weighted by molar-refractivity contribution is 0.0897. The highest BCUT2D eigenvalue weighted by Crippen LogP contribution is 2.20. The van der Waals surface area contributed by atoms with Gasteiger partial charge in [-0.2, -0.15) is 0 Å². The number of thiocarbonyl (C=S) groups is 1. The first-order valence-corrected chi connectivity index (χ1v) is 11.7. The first kappa shape index (κ1) is 22.5. The predicted molar refractivity (Wildman–Crippen MR) is 134 cm³/mol. The molecule has 1 aromatic heterocycles. The van der Waals surface area contributed by atoms with Crippen molar-refractivity contribution < 1.29 is 4.74 Å². The molecule has 5 nitrogen and oxygen atoms in total. The van der Waals surface area contributed by atoms with E-state index in [2.05, 4.69) is 46.4 Å². The van der Waals surface area contributed by atoms with Gasteiger partial charge in [0.15, 0.2) is 5.11 Å². The number of benzene rings is 2. The van der Waals surface area contributed by atoms with Crippen molar-refractivity contribution in [1.82, 2.24) is 15.2 Å². The maximum Gasteiger partial charge on any atom is 0.253 e. The normalized spacial score (nSPS) is 15.8. The van der Waals surface area contributed by atoms with E-state index in [4.69, 9.17) is 17.0 Å². The summed E-state index contributed by atoms with van der Waals surface area (Å²) in [6.45, 7) is 6.78. The van der Waals surface area contributed by atoms with Gasteiger partial charge in [0, 0.05) is 25.3 Å². The quantitative estimate of drug-likeness (QED) is 0.529. The van der Waals surface area contributed by atoms with Crippen molar-refractivity contribution in [1.29, 1.82) is 0 Å². The van der Waals surface area contributed by atoms with Gasteiger partial charge >= 0.3 is 0 Å². The van der Waals surface area contributed by atoms with E-state index in [1.807, 2.05) is 31.2 Å². The molecule has 1 aliphatic rings. The van der Waals surface area contributed by atoms with Crippen LogP contribution in [0.15, 0.2) is 53.3 Å². The molecule has 0 saturated carbocycles. The van der Waals surface area contributed by atoms with Crippen LogP contribution >= 0.6 is 12.2 Å². The Hall–Kier alpha value is -2.70. The molecule has 1 saturated heterocycles. The number of hydrogen-bond donors (Lipinski definition) is 2. The zero-order valence-electron chi connectivity index (χ0n) is 18.8. The topological polar surface area (TPSA) is 57.4 Å². The lowest BCUT2D eigenvalue weighted by Gasteiger charge is -2.28. The molecule has 1 aliphatic heterocycles. The fraction of sp³-hybridized carbons (Fsp3) is 0.385. The van der Waals surface area contributed by atoms with Crippen molar-refractivity contribution in [3.05, 3.63) is 81.1 Å². The molecule has 2 N–H and O–H groups in total. The second-order valence-electron chi connectivity index (χ2n) is 8.58. The fourth-order valence-corrected chi connectivity index (χ4v) is 4.46. The molecule has 1 fully saturated rings. The van der Waals surface area contributed by atoms with Crippen LogP contribution in [-0.4, -0.2) is 40.8 Å². The summed E-state index contributed by atoms with van der Waals surface area (Å²) in [7, 11) is 0. The number of hydrogen-bond acceptors (Lipinski definition) is 3. The molecule has 0 aliphatic carbocycles. The number of H-pyrrole nitrogens is 1. The molecule has 0 amide bonds. The first-order valence-electron chi connectivity index (χ1n) is 11.3. The molecular weight excluding hydrogens is 418 g/mol. The molecule has 0 unspecified atom stereocenters.